The first-order valence-corrected chi connectivity index (χ1v) is 9.17. The van der Waals surface area contributed by atoms with Gasteiger partial charge < -0.3 is 19.9 Å². The lowest BCUT2D eigenvalue weighted by Gasteiger charge is -2.34. The zero-order valence-corrected chi connectivity index (χ0v) is 15.7. The third-order valence-corrected chi connectivity index (χ3v) is 4.55. The molecule has 1 saturated heterocycles. The first kappa shape index (κ1) is 19.2. The van der Waals surface area contributed by atoms with E-state index in [0.29, 0.717) is 32.6 Å². The SMILES string of the molecule is CC(C)(C)OC(=O)NCC(=O)N1CCN(C(=O)Cc2cccs2)CC1. The number of alkyl carbamates (subject to hydrolysis) is 1. The molecule has 0 radical (unpaired) electrons. The summed E-state index contributed by atoms with van der Waals surface area (Å²) in [6.45, 7) is 7.18. The minimum atomic E-state index is -0.606. The number of nitrogens with one attached hydrogen (secondary N) is 1. The van der Waals surface area contributed by atoms with Crippen LogP contribution in [0.5, 0.6) is 0 Å². The highest BCUT2D eigenvalue weighted by atomic mass is 32.1. The van der Waals surface area contributed by atoms with E-state index in [1.54, 1.807) is 41.9 Å². The summed E-state index contributed by atoms with van der Waals surface area (Å²) in [5.74, 6) is -0.0855. The molecule has 3 amide bonds. The average molecular weight is 367 g/mol. The third-order valence-electron chi connectivity index (χ3n) is 3.67. The highest BCUT2D eigenvalue weighted by Gasteiger charge is 2.25. The first-order chi connectivity index (χ1) is 11.7. The number of rotatable bonds is 4. The molecule has 1 aliphatic heterocycles. The van der Waals surface area contributed by atoms with Gasteiger partial charge >= 0.3 is 6.09 Å². The third kappa shape index (κ3) is 6.38. The summed E-state index contributed by atoms with van der Waals surface area (Å²) < 4.78 is 5.10. The van der Waals surface area contributed by atoms with Crippen molar-refractivity contribution in [2.24, 2.45) is 0 Å². The van der Waals surface area contributed by atoms with E-state index in [2.05, 4.69) is 5.32 Å². The van der Waals surface area contributed by atoms with Gasteiger partial charge in [-0.15, -0.1) is 11.3 Å². The Kier molecular flexibility index (Phi) is 6.41. The van der Waals surface area contributed by atoms with Crippen LogP contribution in [0.3, 0.4) is 0 Å². The summed E-state index contributed by atoms with van der Waals surface area (Å²) in [6, 6.07) is 3.88. The minimum Gasteiger partial charge on any atom is -0.444 e. The van der Waals surface area contributed by atoms with Gasteiger partial charge in [-0.25, -0.2) is 4.79 Å². The first-order valence-electron chi connectivity index (χ1n) is 8.29. The van der Waals surface area contributed by atoms with Gasteiger partial charge in [0.05, 0.1) is 6.42 Å². The molecule has 8 heteroatoms. The van der Waals surface area contributed by atoms with Crippen molar-refractivity contribution in [3.8, 4) is 0 Å². The van der Waals surface area contributed by atoms with Crippen molar-refractivity contribution >= 4 is 29.2 Å². The maximum atomic E-state index is 12.2. The molecule has 0 aromatic carbocycles. The standard InChI is InChI=1S/C17H25N3O4S/c1-17(2,3)24-16(23)18-12-15(22)20-8-6-19(7-9-20)14(21)11-13-5-4-10-25-13/h4-5,10H,6-9,11-12H2,1-3H3,(H,18,23). The molecule has 138 valence electrons. The smallest absolute Gasteiger partial charge is 0.408 e. The van der Waals surface area contributed by atoms with E-state index < -0.39 is 11.7 Å². The number of hydrogen-bond acceptors (Lipinski definition) is 5. The van der Waals surface area contributed by atoms with Crippen molar-refractivity contribution in [2.75, 3.05) is 32.7 Å². The lowest BCUT2D eigenvalue weighted by atomic mass is 10.2. The number of nitrogens with zero attached hydrogens (tertiary/aromatic N) is 2. The average Bonchev–Trinajstić information content (AvgIpc) is 3.04. The Hall–Kier alpha value is -2.09. The van der Waals surface area contributed by atoms with Crippen LogP contribution in [-0.4, -0.2) is 66.0 Å². The Morgan fingerprint density at radius 1 is 1.12 bits per heavy atom. The van der Waals surface area contributed by atoms with Crippen LogP contribution in [0, 0.1) is 0 Å². The minimum absolute atomic E-state index is 0.0847. The lowest BCUT2D eigenvalue weighted by Crippen LogP contribution is -2.53. The van der Waals surface area contributed by atoms with Gasteiger partial charge in [0.25, 0.3) is 0 Å². The summed E-state index contributed by atoms with van der Waals surface area (Å²) in [5.41, 5.74) is -0.596. The lowest BCUT2D eigenvalue weighted by molar-refractivity contribution is -0.138. The summed E-state index contributed by atoms with van der Waals surface area (Å²) in [5, 5.41) is 4.42. The van der Waals surface area contributed by atoms with Crippen molar-refractivity contribution in [1.29, 1.82) is 0 Å². The quantitative estimate of drug-likeness (QED) is 0.874. The van der Waals surface area contributed by atoms with Crippen LogP contribution in [-0.2, 0) is 20.7 Å². The van der Waals surface area contributed by atoms with E-state index in [9.17, 15) is 14.4 Å². The van der Waals surface area contributed by atoms with Crippen LogP contribution >= 0.6 is 11.3 Å². The Labute approximate surface area is 151 Å². The molecule has 25 heavy (non-hydrogen) atoms. The summed E-state index contributed by atoms with van der Waals surface area (Å²) in [7, 11) is 0. The Morgan fingerprint density at radius 2 is 1.72 bits per heavy atom. The van der Waals surface area contributed by atoms with Crippen LogP contribution in [0.4, 0.5) is 4.79 Å². The molecule has 0 aliphatic carbocycles. The predicted octanol–water partition coefficient (Wildman–Crippen LogP) is 1.49. The van der Waals surface area contributed by atoms with Gasteiger partial charge in [0.1, 0.15) is 12.1 Å². The van der Waals surface area contributed by atoms with E-state index >= 15 is 0 Å². The molecule has 0 unspecified atom stereocenters. The predicted molar refractivity (Wildman–Crippen MR) is 95.4 cm³/mol. The molecule has 1 fully saturated rings. The van der Waals surface area contributed by atoms with Crippen molar-refractivity contribution < 1.29 is 19.1 Å². The maximum Gasteiger partial charge on any atom is 0.408 e. The number of carbonyl (C=O) groups is 3. The summed E-state index contributed by atoms with van der Waals surface area (Å²) >= 11 is 1.57. The number of carbonyl (C=O) groups excluding carboxylic acids is 3. The van der Waals surface area contributed by atoms with Crippen LogP contribution in [0.2, 0.25) is 0 Å². The van der Waals surface area contributed by atoms with Gasteiger partial charge in [0, 0.05) is 31.1 Å². The Balaban J connectivity index is 1.71. The van der Waals surface area contributed by atoms with Crippen molar-refractivity contribution in [3.05, 3.63) is 22.4 Å². The zero-order valence-electron chi connectivity index (χ0n) is 14.9. The molecule has 1 aliphatic rings. The molecule has 7 nitrogen and oxygen atoms in total. The number of thiophene rings is 1. The van der Waals surface area contributed by atoms with E-state index in [-0.39, 0.29) is 18.4 Å². The fourth-order valence-corrected chi connectivity index (χ4v) is 3.15. The van der Waals surface area contributed by atoms with Gasteiger partial charge in [-0.1, -0.05) is 6.07 Å². The molecule has 1 aromatic heterocycles. The Morgan fingerprint density at radius 3 is 2.24 bits per heavy atom. The normalized spacial score (nSPS) is 15.0. The van der Waals surface area contributed by atoms with Crippen molar-refractivity contribution in [2.45, 2.75) is 32.8 Å². The number of ether oxygens (including phenoxy) is 1. The molecule has 0 saturated carbocycles. The summed E-state index contributed by atoms with van der Waals surface area (Å²) in [4.78, 5) is 40.5. The van der Waals surface area contributed by atoms with Gasteiger partial charge in [-0.05, 0) is 32.2 Å². The molecule has 2 rings (SSSR count). The largest absolute Gasteiger partial charge is 0.444 e. The van der Waals surface area contributed by atoms with Crippen LogP contribution in [0.25, 0.3) is 0 Å². The molecule has 0 atom stereocenters. The van der Waals surface area contributed by atoms with Gasteiger partial charge in [0.2, 0.25) is 11.8 Å². The van der Waals surface area contributed by atoms with E-state index in [0.717, 1.165) is 4.88 Å². The second kappa shape index (κ2) is 8.33. The molecule has 0 bridgehead atoms. The summed E-state index contributed by atoms with van der Waals surface area (Å²) in [6.07, 6.45) is -0.197. The van der Waals surface area contributed by atoms with E-state index in [1.807, 2.05) is 17.5 Å². The van der Waals surface area contributed by atoms with E-state index in [4.69, 9.17) is 4.74 Å². The van der Waals surface area contributed by atoms with Gasteiger partial charge in [0.15, 0.2) is 0 Å². The van der Waals surface area contributed by atoms with E-state index in [1.165, 1.54) is 0 Å². The molecule has 1 N–H and O–H groups in total. The van der Waals surface area contributed by atoms with Crippen LogP contribution in [0.1, 0.15) is 25.6 Å². The molecular weight excluding hydrogens is 342 g/mol. The van der Waals surface area contributed by atoms with Crippen LogP contribution < -0.4 is 5.32 Å². The highest BCUT2D eigenvalue weighted by molar-refractivity contribution is 7.10. The zero-order chi connectivity index (χ0) is 18.4. The highest BCUT2D eigenvalue weighted by Crippen LogP contribution is 2.12. The number of amides is 3. The van der Waals surface area contributed by atoms with Crippen LogP contribution in [0.15, 0.2) is 17.5 Å². The van der Waals surface area contributed by atoms with Crippen molar-refractivity contribution in [3.63, 3.8) is 0 Å². The van der Waals surface area contributed by atoms with Gasteiger partial charge in [-0.2, -0.15) is 0 Å². The van der Waals surface area contributed by atoms with Crippen molar-refractivity contribution in [1.82, 2.24) is 15.1 Å². The van der Waals surface area contributed by atoms with Gasteiger partial charge in [-0.3, -0.25) is 9.59 Å². The molecule has 2 heterocycles. The molecule has 1 aromatic rings. The maximum absolute atomic E-state index is 12.2. The second-order valence-electron chi connectivity index (χ2n) is 6.87. The monoisotopic (exact) mass is 367 g/mol. The fourth-order valence-electron chi connectivity index (χ4n) is 2.45. The second-order valence-corrected chi connectivity index (χ2v) is 7.91. The Bertz CT molecular complexity index is 602. The molecule has 0 spiro atoms. The molecular formula is C17H25N3O4S. The number of hydrogen-bond donors (Lipinski definition) is 1. The fraction of sp³-hybridized carbons (Fsp3) is 0.588. The topological polar surface area (TPSA) is 79.0 Å². The number of piperazine rings is 1.